The molecule has 4 atom stereocenters. The summed E-state index contributed by atoms with van der Waals surface area (Å²) in [6.07, 6.45) is 0.721. The standard InChI is InChI=1S/C12H16N4O3/c1-3-7-9(17)10(18)12(19-7)16-5-15-8-6(2)13-4-14-11(8)16/h4-5,7,9-10,12,17-18H,3H2,1-2H3/t7-,9?,10+,12-/m1/s1. The van der Waals surface area contributed by atoms with Gasteiger partial charge in [0.05, 0.1) is 18.1 Å². The Morgan fingerprint density at radius 1 is 1.26 bits per heavy atom. The van der Waals surface area contributed by atoms with Gasteiger partial charge in [0, 0.05) is 0 Å². The van der Waals surface area contributed by atoms with Crippen molar-refractivity contribution in [2.45, 2.75) is 44.8 Å². The molecule has 1 fully saturated rings. The summed E-state index contributed by atoms with van der Waals surface area (Å²) in [5.41, 5.74) is 2.04. The molecule has 0 spiro atoms. The summed E-state index contributed by atoms with van der Waals surface area (Å²) >= 11 is 0. The molecule has 1 unspecified atom stereocenters. The summed E-state index contributed by atoms with van der Waals surface area (Å²) in [5, 5.41) is 20.0. The van der Waals surface area contributed by atoms with Crippen molar-refractivity contribution in [2.75, 3.05) is 0 Å². The lowest BCUT2D eigenvalue weighted by Crippen LogP contribution is -2.31. The molecule has 0 amide bonds. The van der Waals surface area contributed by atoms with Gasteiger partial charge in [-0.25, -0.2) is 15.0 Å². The van der Waals surface area contributed by atoms with Crippen LogP contribution in [0.3, 0.4) is 0 Å². The molecule has 2 aromatic heterocycles. The normalized spacial score (nSPS) is 31.2. The number of ether oxygens (including phenoxy) is 1. The fourth-order valence-corrected chi connectivity index (χ4v) is 2.45. The number of aryl methyl sites for hydroxylation is 1. The third-order valence-electron chi connectivity index (χ3n) is 3.56. The smallest absolute Gasteiger partial charge is 0.165 e. The minimum Gasteiger partial charge on any atom is -0.388 e. The molecule has 3 heterocycles. The highest BCUT2D eigenvalue weighted by Gasteiger charge is 2.43. The van der Waals surface area contributed by atoms with E-state index >= 15 is 0 Å². The van der Waals surface area contributed by atoms with Crippen LogP contribution in [0.5, 0.6) is 0 Å². The number of fused-ring (bicyclic) bond motifs is 1. The Morgan fingerprint density at radius 3 is 2.74 bits per heavy atom. The molecule has 19 heavy (non-hydrogen) atoms. The van der Waals surface area contributed by atoms with E-state index in [1.807, 2.05) is 13.8 Å². The highest BCUT2D eigenvalue weighted by Crippen LogP contribution is 2.32. The van der Waals surface area contributed by atoms with Crippen LogP contribution in [-0.2, 0) is 4.74 Å². The number of hydrogen-bond donors (Lipinski definition) is 2. The number of nitrogens with zero attached hydrogens (tertiary/aromatic N) is 4. The van der Waals surface area contributed by atoms with Gasteiger partial charge in [0.2, 0.25) is 0 Å². The highest BCUT2D eigenvalue weighted by molar-refractivity contribution is 5.72. The second kappa shape index (κ2) is 4.52. The second-order valence-electron chi connectivity index (χ2n) is 4.74. The van der Waals surface area contributed by atoms with Crippen molar-refractivity contribution in [3.8, 4) is 0 Å². The zero-order valence-corrected chi connectivity index (χ0v) is 10.8. The SMILES string of the molecule is CC[C@H]1O[C@@H](n2cnc3c(C)ncnc32)[C@@H](O)C1O. The van der Waals surface area contributed by atoms with Crippen LogP contribution >= 0.6 is 0 Å². The summed E-state index contributed by atoms with van der Waals surface area (Å²) in [6.45, 7) is 3.75. The van der Waals surface area contributed by atoms with Crippen molar-refractivity contribution in [1.82, 2.24) is 19.5 Å². The van der Waals surface area contributed by atoms with Gasteiger partial charge in [-0.05, 0) is 13.3 Å². The number of imidazole rings is 1. The molecular weight excluding hydrogens is 248 g/mol. The number of rotatable bonds is 2. The molecule has 2 aromatic rings. The molecule has 7 nitrogen and oxygen atoms in total. The fourth-order valence-electron chi connectivity index (χ4n) is 2.45. The molecule has 0 radical (unpaired) electrons. The van der Waals surface area contributed by atoms with Crippen LogP contribution in [0.25, 0.3) is 11.2 Å². The first-order chi connectivity index (χ1) is 9.13. The maximum Gasteiger partial charge on any atom is 0.165 e. The lowest BCUT2D eigenvalue weighted by Gasteiger charge is -2.16. The average Bonchev–Trinajstić information content (AvgIpc) is 2.94. The maximum atomic E-state index is 10.1. The lowest BCUT2D eigenvalue weighted by atomic mass is 10.1. The van der Waals surface area contributed by atoms with Crippen molar-refractivity contribution >= 4 is 11.2 Å². The van der Waals surface area contributed by atoms with Crippen molar-refractivity contribution in [3.63, 3.8) is 0 Å². The number of aromatic nitrogens is 4. The predicted octanol–water partition coefficient (Wildman–Crippen LogP) is 0.164. The molecule has 0 saturated carbocycles. The molecule has 3 rings (SSSR count). The summed E-state index contributed by atoms with van der Waals surface area (Å²) in [5.74, 6) is 0. The van der Waals surface area contributed by atoms with Gasteiger partial charge in [-0.1, -0.05) is 6.92 Å². The van der Waals surface area contributed by atoms with E-state index in [0.717, 1.165) is 5.69 Å². The monoisotopic (exact) mass is 264 g/mol. The second-order valence-corrected chi connectivity index (χ2v) is 4.74. The van der Waals surface area contributed by atoms with E-state index in [-0.39, 0.29) is 6.10 Å². The molecule has 2 N–H and O–H groups in total. The average molecular weight is 264 g/mol. The van der Waals surface area contributed by atoms with E-state index in [0.29, 0.717) is 17.6 Å². The summed E-state index contributed by atoms with van der Waals surface area (Å²) in [6, 6.07) is 0. The Hall–Kier alpha value is -1.57. The van der Waals surface area contributed by atoms with Crippen LogP contribution < -0.4 is 0 Å². The van der Waals surface area contributed by atoms with Crippen LogP contribution in [0.15, 0.2) is 12.7 Å². The summed E-state index contributed by atoms with van der Waals surface area (Å²) in [4.78, 5) is 12.5. The van der Waals surface area contributed by atoms with Crippen molar-refractivity contribution in [3.05, 3.63) is 18.3 Å². The number of aliphatic hydroxyl groups is 2. The Kier molecular flexibility index (Phi) is 2.96. The first-order valence-corrected chi connectivity index (χ1v) is 6.29. The summed E-state index contributed by atoms with van der Waals surface area (Å²) < 4.78 is 7.34. The van der Waals surface area contributed by atoms with E-state index in [1.54, 1.807) is 10.9 Å². The van der Waals surface area contributed by atoms with Gasteiger partial charge in [-0.15, -0.1) is 0 Å². The summed E-state index contributed by atoms with van der Waals surface area (Å²) in [7, 11) is 0. The van der Waals surface area contributed by atoms with E-state index in [4.69, 9.17) is 4.74 Å². The molecule has 102 valence electrons. The van der Waals surface area contributed by atoms with Crippen molar-refractivity contribution in [1.29, 1.82) is 0 Å². The molecule has 0 aromatic carbocycles. The molecule has 7 heteroatoms. The molecule has 1 aliphatic heterocycles. The van der Waals surface area contributed by atoms with Crippen LogP contribution in [0.2, 0.25) is 0 Å². The Morgan fingerprint density at radius 2 is 2.05 bits per heavy atom. The molecule has 0 aliphatic carbocycles. The van der Waals surface area contributed by atoms with Gasteiger partial charge in [-0.3, -0.25) is 4.57 Å². The Bertz CT molecular complexity index is 600. The first kappa shape index (κ1) is 12.5. The van der Waals surface area contributed by atoms with E-state index in [1.165, 1.54) is 6.33 Å². The van der Waals surface area contributed by atoms with Gasteiger partial charge in [0.15, 0.2) is 11.9 Å². The predicted molar refractivity (Wildman–Crippen MR) is 66.3 cm³/mol. The molecular formula is C12H16N4O3. The van der Waals surface area contributed by atoms with Crippen LogP contribution in [0, 0.1) is 6.92 Å². The van der Waals surface area contributed by atoms with Crippen LogP contribution in [0.4, 0.5) is 0 Å². The minimum absolute atomic E-state index is 0.375. The highest BCUT2D eigenvalue weighted by atomic mass is 16.6. The van der Waals surface area contributed by atoms with Gasteiger partial charge in [0.25, 0.3) is 0 Å². The van der Waals surface area contributed by atoms with E-state index in [9.17, 15) is 10.2 Å². The Balaban J connectivity index is 2.04. The Labute approximate surface area is 109 Å². The van der Waals surface area contributed by atoms with Crippen molar-refractivity contribution in [2.24, 2.45) is 0 Å². The van der Waals surface area contributed by atoms with Gasteiger partial charge < -0.3 is 14.9 Å². The van der Waals surface area contributed by atoms with E-state index < -0.39 is 18.4 Å². The van der Waals surface area contributed by atoms with Crippen LogP contribution in [0.1, 0.15) is 25.3 Å². The number of aliphatic hydroxyl groups excluding tert-OH is 2. The van der Waals surface area contributed by atoms with Gasteiger partial charge >= 0.3 is 0 Å². The topological polar surface area (TPSA) is 93.3 Å². The quantitative estimate of drug-likeness (QED) is 0.802. The lowest BCUT2D eigenvalue weighted by molar-refractivity contribution is -0.0355. The fraction of sp³-hybridized carbons (Fsp3) is 0.583. The first-order valence-electron chi connectivity index (χ1n) is 6.29. The zero-order valence-electron chi connectivity index (χ0n) is 10.8. The van der Waals surface area contributed by atoms with Crippen LogP contribution in [-0.4, -0.2) is 48.0 Å². The van der Waals surface area contributed by atoms with E-state index in [2.05, 4.69) is 15.0 Å². The largest absolute Gasteiger partial charge is 0.388 e. The third-order valence-corrected chi connectivity index (χ3v) is 3.56. The maximum absolute atomic E-state index is 10.1. The molecule has 0 bridgehead atoms. The van der Waals surface area contributed by atoms with Crippen molar-refractivity contribution < 1.29 is 14.9 Å². The zero-order chi connectivity index (χ0) is 13.6. The van der Waals surface area contributed by atoms with Gasteiger partial charge in [0.1, 0.15) is 24.1 Å². The third kappa shape index (κ3) is 1.81. The molecule has 1 saturated heterocycles. The number of hydrogen-bond acceptors (Lipinski definition) is 6. The minimum atomic E-state index is -0.988. The van der Waals surface area contributed by atoms with Gasteiger partial charge in [-0.2, -0.15) is 0 Å². The molecule has 1 aliphatic rings.